The van der Waals surface area contributed by atoms with Crippen molar-refractivity contribution in [3.63, 3.8) is 0 Å². The van der Waals surface area contributed by atoms with Crippen molar-refractivity contribution < 1.29 is 0 Å². The SMILES string of the molecule is CC(C)N(C)C(=NC(=N)c1ccc(-c2ccccc2)cc1)c1ccc(-c2ccccc2)cc1. The fourth-order valence-electron chi connectivity index (χ4n) is 3.66. The highest BCUT2D eigenvalue weighted by molar-refractivity contribution is 6.10. The first-order valence-electron chi connectivity index (χ1n) is 11.2. The first kappa shape index (κ1) is 22.2. The topological polar surface area (TPSA) is 39.5 Å². The van der Waals surface area contributed by atoms with Gasteiger partial charge in [-0.2, -0.15) is 0 Å². The number of nitrogens with one attached hydrogen (secondary N) is 1. The Balaban J connectivity index is 1.63. The van der Waals surface area contributed by atoms with Crippen LogP contribution >= 0.6 is 0 Å². The molecule has 4 aromatic carbocycles. The Morgan fingerprint density at radius 1 is 0.606 bits per heavy atom. The van der Waals surface area contributed by atoms with Gasteiger partial charge in [0.05, 0.1) is 0 Å². The molecule has 0 bridgehead atoms. The van der Waals surface area contributed by atoms with Crippen molar-refractivity contribution in [3.05, 3.63) is 120 Å². The van der Waals surface area contributed by atoms with Crippen LogP contribution in [0.5, 0.6) is 0 Å². The molecule has 0 amide bonds. The summed E-state index contributed by atoms with van der Waals surface area (Å²) in [6.07, 6.45) is 0. The van der Waals surface area contributed by atoms with Crippen molar-refractivity contribution in [1.29, 1.82) is 5.41 Å². The minimum atomic E-state index is 0.254. The Labute approximate surface area is 196 Å². The van der Waals surface area contributed by atoms with Crippen LogP contribution in [0.2, 0.25) is 0 Å². The van der Waals surface area contributed by atoms with Crippen LogP contribution < -0.4 is 0 Å². The molecule has 0 aliphatic carbocycles. The summed E-state index contributed by atoms with van der Waals surface area (Å²) in [6, 6.07) is 37.3. The lowest BCUT2D eigenvalue weighted by atomic mass is 10.0. The van der Waals surface area contributed by atoms with E-state index in [2.05, 4.69) is 79.4 Å². The molecular weight excluding hydrogens is 402 g/mol. The molecule has 0 aliphatic rings. The molecule has 0 aromatic heterocycles. The summed E-state index contributed by atoms with van der Waals surface area (Å²) in [5.74, 6) is 1.05. The number of hydrogen-bond acceptors (Lipinski definition) is 1. The third kappa shape index (κ3) is 5.27. The molecule has 0 radical (unpaired) electrons. The van der Waals surface area contributed by atoms with Crippen LogP contribution in [0.1, 0.15) is 25.0 Å². The quantitative estimate of drug-likeness (QED) is 0.265. The van der Waals surface area contributed by atoms with Gasteiger partial charge in [0.1, 0.15) is 5.84 Å². The molecule has 3 heteroatoms. The zero-order valence-electron chi connectivity index (χ0n) is 19.4. The lowest BCUT2D eigenvalue weighted by Gasteiger charge is -2.26. The molecule has 0 aliphatic heterocycles. The molecule has 4 aromatic rings. The van der Waals surface area contributed by atoms with E-state index >= 15 is 0 Å². The number of rotatable bonds is 5. The number of amidine groups is 2. The Bertz CT molecular complexity index is 1220. The largest absolute Gasteiger partial charge is 0.357 e. The van der Waals surface area contributed by atoms with Gasteiger partial charge in [-0.05, 0) is 36.1 Å². The fourth-order valence-corrected chi connectivity index (χ4v) is 3.66. The van der Waals surface area contributed by atoms with Crippen molar-refractivity contribution in [1.82, 2.24) is 4.90 Å². The van der Waals surface area contributed by atoms with E-state index in [1.165, 1.54) is 5.56 Å². The summed E-state index contributed by atoms with van der Waals surface area (Å²) in [5.41, 5.74) is 6.44. The third-order valence-corrected chi connectivity index (χ3v) is 5.84. The van der Waals surface area contributed by atoms with Gasteiger partial charge in [0.15, 0.2) is 5.84 Å². The second-order valence-electron chi connectivity index (χ2n) is 8.38. The van der Waals surface area contributed by atoms with Gasteiger partial charge in [-0.25, -0.2) is 4.99 Å². The van der Waals surface area contributed by atoms with Crippen molar-refractivity contribution in [2.24, 2.45) is 4.99 Å². The van der Waals surface area contributed by atoms with Crippen LogP contribution in [-0.2, 0) is 0 Å². The molecule has 33 heavy (non-hydrogen) atoms. The zero-order valence-corrected chi connectivity index (χ0v) is 19.4. The molecule has 0 saturated heterocycles. The molecule has 4 rings (SSSR count). The maximum absolute atomic E-state index is 8.68. The molecule has 3 nitrogen and oxygen atoms in total. The van der Waals surface area contributed by atoms with E-state index in [0.29, 0.717) is 0 Å². The molecule has 0 fully saturated rings. The first-order valence-corrected chi connectivity index (χ1v) is 11.2. The van der Waals surface area contributed by atoms with Crippen molar-refractivity contribution in [2.45, 2.75) is 19.9 Å². The van der Waals surface area contributed by atoms with E-state index in [-0.39, 0.29) is 11.9 Å². The van der Waals surface area contributed by atoms with Crippen LogP contribution in [-0.4, -0.2) is 29.7 Å². The van der Waals surface area contributed by atoms with Gasteiger partial charge >= 0.3 is 0 Å². The predicted molar refractivity (Wildman–Crippen MR) is 140 cm³/mol. The van der Waals surface area contributed by atoms with E-state index in [1.807, 2.05) is 55.6 Å². The second-order valence-corrected chi connectivity index (χ2v) is 8.38. The van der Waals surface area contributed by atoms with Crippen LogP contribution in [0.3, 0.4) is 0 Å². The van der Waals surface area contributed by atoms with Crippen LogP contribution in [0, 0.1) is 5.41 Å². The smallest absolute Gasteiger partial charge is 0.154 e. The summed E-state index contributed by atoms with van der Waals surface area (Å²) in [6.45, 7) is 4.26. The first-order chi connectivity index (χ1) is 16.0. The summed E-state index contributed by atoms with van der Waals surface area (Å²) in [4.78, 5) is 6.88. The van der Waals surface area contributed by atoms with Gasteiger partial charge in [0.25, 0.3) is 0 Å². The standard InChI is InChI=1S/C30H29N3/c1-22(2)33(3)30(28-20-16-26(17-21-28)24-12-8-5-9-13-24)32-29(31)27-18-14-25(15-19-27)23-10-6-4-7-11-23/h4-22,31H,1-3H3. The predicted octanol–water partition coefficient (Wildman–Crippen LogP) is 7.13. The number of hydrogen-bond donors (Lipinski definition) is 1. The molecule has 0 atom stereocenters. The normalized spacial score (nSPS) is 11.5. The van der Waals surface area contributed by atoms with Crippen molar-refractivity contribution in [2.75, 3.05) is 7.05 Å². The van der Waals surface area contributed by atoms with Gasteiger partial charge in [0, 0.05) is 24.2 Å². The Morgan fingerprint density at radius 3 is 1.42 bits per heavy atom. The average molecular weight is 432 g/mol. The highest BCUT2D eigenvalue weighted by Crippen LogP contribution is 2.22. The molecule has 164 valence electrons. The van der Waals surface area contributed by atoms with Crippen molar-refractivity contribution in [3.8, 4) is 22.3 Å². The number of benzene rings is 4. The van der Waals surface area contributed by atoms with Gasteiger partial charge in [-0.1, -0.05) is 109 Å². The Morgan fingerprint density at radius 2 is 1.00 bits per heavy atom. The Hall–Kier alpha value is -3.98. The van der Waals surface area contributed by atoms with Gasteiger partial charge in [0.2, 0.25) is 0 Å². The lowest BCUT2D eigenvalue weighted by Crippen LogP contribution is -2.34. The van der Waals surface area contributed by atoms with Gasteiger partial charge < -0.3 is 4.90 Å². The minimum absolute atomic E-state index is 0.254. The molecule has 0 saturated carbocycles. The summed E-state index contributed by atoms with van der Waals surface area (Å²) in [5, 5.41) is 8.68. The van der Waals surface area contributed by atoms with Crippen molar-refractivity contribution >= 4 is 11.7 Å². The molecule has 0 spiro atoms. The van der Waals surface area contributed by atoms with Gasteiger partial charge in [-0.15, -0.1) is 0 Å². The van der Waals surface area contributed by atoms with Crippen LogP contribution in [0.4, 0.5) is 0 Å². The summed E-state index contributed by atoms with van der Waals surface area (Å²) < 4.78 is 0. The molecule has 0 heterocycles. The molecule has 0 unspecified atom stereocenters. The van der Waals surface area contributed by atoms with E-state index in [4.69, 9.17) is 10.4 Å². The second kappa shape index (κ2) is 10.1. The maximum atomic E-state index is 8.68. The maximum Gasteiger partial charge on any atom is 0.154 e. The molecule has 1 N–H and O–H groups in total. The third-order valence-electron chi connectivity index (χ3n) is 5.84. The van der Waals surface area contributed by atoms with E-state index < -0.39 is 0 Å². The number of nitrogens with zero attached hydrogens (tertiary/aromatic N) is 2. The van der Waals surface area contributed by atoms with E-state index in [9.17, 15) is 0 Å². The zero-order chi connectivity index (χ0) is 23.2. The average Bonchev–Trinajstić information content (AvgIpc) is 2.88. The van der Waals surface area contributed by atoms with E-state index in [0.717, 1.165) is 33.7 Å². The summed E-state index contributed by atoms with van der Waals surface area (Å²) in [7, 11) is 2.03. The minimum Gasteiger partial charge on any atom is -0.357 e. The monoisotopic (exact) mass is 431 g/mol. The Kier molecular flexibility index (Phi) is 6.80. The van der Waals surface area contributed by atoms with Crippen LogP contribution in [0.15, 0.2) is 114 Å². The summed E-state index contributed by atoms with van der Waals surface area (Å²) >= 11 is 0. The highest BCUT2D eigenvalue weighted by Gasteiger charge is 2.15. The fraction of sp³-hybridized carbons (Fsp3) is 0.133. The highest BCUT2D eigenvalue weighted by atomic mass is 15.2. The van der Waals surface area contributed by atoms with E-state index in [1.54, 1.807) is 0 Å². The van der Waals surface area contributed by atoms with Crippen LogP contribution in [0.25, 0.3) is 22.3 Å². The number of aliphatic imine (C=N–C) groups is 1. The van der Waals surface area contributed by atoms with Gasteiger partial charge in [-0.3, -0.25) is 5.41 Å². The molecular formula is C30H29N3. The lowest BCUT2D eigenvalue weighted by molar-refractivity contribution is 0.418.